The van der Waals surface area contributed by atoms with Crippen LogP contribution >= 0.6 is 0 Å². The van der Waals surface area contributed by atoms with Crippen LogP contribution in [0.25, 0.3) is 5.70 Å². The SMILES string of the molecule is C=C/C(=C\N=C(/N)NC[C@]1(c2ncccc2F)C[C@H](F)C1)n1ccc(C(=O)O)c1. The summed E-state index contributed by atoms with van der Waals surface area (Å²) in [6.45, 7) is 3.86. The van der Waals surface area contributed by atoms with E-state index >= 15 is 0 Å². The first-order chi connectivity index (χ1) is 13.8. The van der Waals surface area contributed by atoms with Crippen LogP contribution in [0.1, 0.15) is 28.9 Å². The highest BCUT2D eigenvalue weighted by Crippen LogP contribution is 2.45. The molecule has 0 spiro atoms. The van der Waals surface area contributed by atoms with Gasteiger partial charge in [-0.3, -0.25) is 4.98 Å². The number of aromatic nitrogens is 2. The summed E-state index contributed by atoms with van der Waals surface area (Å²) in [5.41, 5.74) is 5.94. The molecule has 0 amide bonds. The fourth-order valence-corrected chi connectivity index (χ4v) is 3.33. The maximum absolute atomic E-state index is 14.2. The number of guanidine groups is 1. The van der Waals surface area contributed by atoms with Crippen molar-refractivity contribution in [3.05, 3.63) is 72.7 Å². The number of allylic oxidation sites excluding steroid dienone is 2. The average molecular weight is 401 g/mol. The van der Waals surface area contributed by atoms with Crippen LogP contribution in [0.3, 0.4) is 0 Å². The van der Waals surface area contributed by atoms with Gasteiger partial charge in [0, 0.05) is 30.6 Å². The number of aromatic carboxylic acids is 1. The normalized spacial score (nSPS) is 22.1. The average Bonchev–Trinajstić information content (AvgIpc) is 3.15. The molecule has 0 bridgehead atoms. The summed E-state index contributed by atoms with van der Waals surface area (Å²) in [7, 11) is 0. The summed E-state index contributed by atoms with van der Waals surface area (Å²) in [5.74, 6) is -1.48. The number of hydrogen-bond acceptors (Lipinski definition) is 3. The van der Waals surface area contributed by atoms with E-state index in [0.29, 0.717) is 5.70 Å². The molecule has 29 heavy (non-hydrogen) atoms. The Hall–Kier alpha value is -3.49. The van der Waals surface area contributed by atoms with Crippen molar-refractivity contribution in [3.8, 4) is 0 Å². The third-order valence-corrected chi connectivity index (χ3v) is 4.88. The lowest BCUT2D eigenvalue weighted by molar-refractivity contribution is 0.0697. The van der Waals surface area contributed by atoms with E-state index in [1.807, 2.05) is 0 Å². The van der Waals surface area contributed by atoms with E-state index in [4.69, 9.17) is 10.8 Å². The quantitative estimate of drug-likeness (QED) is 0.376. The van der Waals surface area contributed by atoms with Crippen molar-refractivity contribution in [2.45, 2.75) is 24.4 Å². The number of carboxylic acids is 1. The first-order valence-corrected chi connectivity index (χ1v) is 8.91. The lowest BCUT2D eigenvalue weighted by Gasteiger charge is -2.43. The molecule has 2 heterocycles. The van der Waals surface area contributed by atoms with Gasteiger partial charge in [-0.05, 0) is 37.1 Å². The Kier molecular flexibility index (Phi) is 5.76. The summed E-state index contributed by atoms with van der Waals surface area (Å²) in [6.07, 6.45) is 6.65. The van der Waals surface area contributed by atoms with Crippen LogP contribution in [0, 0.1) is 5.82 Å². The first-order valence-electron chi connectivity index (χ1n) is 8.91. The molecular weight excluding hydrogens is 380 g/mol. The summed E-state index contributed by atoms with van der Waals surface area (Å²) >= 11 is 0. The lowest BCUT2D eigenvalue weighted by Crippen LogP contribution is -2.52. The standard InChI is InChI=1S/C20H21F2N5O2/c1-2-15(27-7-5-13(11-27)18(28)29)10-25-19(23)26-12-20(8-14(21)9-20)17-16(22)4-3-6-24-17/h2-7,10-11,14H,1,8-9,12H2,(H,28,29)(H3,23,25,26)/b15-10+/t14-,20-. The minimum Gasteiger partial charge on any atom is -0.478 e. The van der Waals surface area contributed by atoms with Crippen molar-refractivity contribution in [3.63, 3.8) is 0 Å². The molecule has 1 aliphatic carbocycles. The molecule has 7 nitrogen and oxygen atoms in total. The van der Waals surface area contributed by atoms with E-state index in [2.05, 4.69) is 21.9 Å². The van der Waals surface area contributed by atoms with Crippen molar-refractivity contribution >= 4 is 17.6 Å². The summed E-state index contributed by atoms with van der Waals surface area (Å²) < 4.78 is 29.3. The molecular formula is C20H21F2N5O2. The van der Waals surface area contributed by atoms with E-state index < -0.39 is 23.4 Å². The van der Waals surface area contributed by atoms with Gasteiger partial charge in [0.1, 0.15) is 12.0 Å². The zero-order valence-corrected chi connectivity index (χ0v) is 15.6. The molecule has 2 aromatic heterocycles. The number of rotatable bonds is 7. The van der Waals surface area contributed by atoms with Gasteiger partial charge in [0.05, 0.1) is 23.2 Å². The number of nitrogens with two attached hydrogens (primary N) is 1. The number of alkyl halides is 1. The zero-order chi connectivity index (χ0) is 21.0. The van der Waals surface area contributed by atoms with Crippen LogP contribution in [0.15, 0.2) is 60.6 Å². The van der Waals surface area contributed by atoms with E-state index in [0.717, 1.165) is 0 Å². The molecule has 0 radical (unpaired) electrons. The zero-order valence-electron chi connectivity index (χ0n) is 15.6. The van der Waals surface area contributed by atoms with Crippen LogP contribution in [0.4, 0.5) is 8.78 Å². The van der Waals surface area contributed by atoms with Gasteiger partial charge in [-0.15, -0.1) is 0 Å². The number of pyridine rings is 1. The van der Waals surface area contributed by atoms with Gasteiger partial charge in [-0.25, -0.2) is 18.6 Å². The third-order valence-electron chi connectivity index (χ3n) is 4.88. The Bertz CT molecular complexity index is 977. The number of aliphatic imine (C=N–C) groups is 1. The largest absolute Gasteiger partial charge is 0.478 e. The molecule has 1 aliphatic rings. The topological polar surface area (TPSA) is 106 Å². The monoisotopic (exact) mass is 401 g/mol. The summed E-state index contributed by atoms with van der Waals surface area (Å²) in [4.78, 5) is 19.2. The van der Waals surface area contributed by atoms with Crippen LogP contribution in [0.2, 0.25) is 0 Å². The number of hydrogen-bond donors (Lipinski definition) is 3. The molecule has 0 saturated heterocycles. The van der Waals surface area contributed by atoms with Crippen molar-refractivity contribution < 1.29 is 18.7 Å². The second-order valence-electron chi connectivity index (χ2n) is 6.86. The highest BCUT2D eigenvalue weighted by atomic mass is 19.1. The van der Waals surface area contributed by atoms with Gasteiger partial charge in [0.25, 0.3) is 0 Å². The second kappa shape index (κ2) is 8.26. The van der Waals surface area contributed by atoms with Gasteiger partial charge in [0.2, 0.25) is 0 Å². The number of halogens is 2. The molecule has 0 atom stereocenters. The second-order valence-corrected chi connectivity index (χ2v) is 6.86. The fraction of sp³-hybridized carbons (Fsp3) is 0.250. The Morgan fingerprint density at radius 3 is 2.86 bits per heavy atom. The fourth-order valence-electron chi connectivity index (χ4n) is 3.33. The van der Waals surface area contributed by atoms with Gasteiger partial charge in [0.15, 0.2) is 5.96 Å². The lowest BCUT2D eigenvalue weighted by atomic mass is 9.65. The maximum Gasteiger partial charge on any atom is 0.337 e. The maximum atomic E-state index is 14.2. The van der Waals surface area contributed by atoms with Crippen molar-refractivity contribution in [2.75, 3.05) is 6.54 Å². The third kappa shape index (κ3) is 4.34. The van der Waals surface area contributed by atoms with Gasteiger partial charge in [-0.2, -0.15) is 0 Å². The predicted octanol–water partition coefficient (Wildman–Crippen LogP) is 2.68. The molecule has 152 valence electrons. The minimum absolute atomic E-state index is 0.0491. The van der Waals surface area contributed by atoms with E-state index in [1.165, 1.54) is 47.4 Å². The van der Waals surface area contributed by atoms with Crippen LogP contribution < -0.4 is 11.1 Å². The summed E-state index contributed by atoms with van der Waals surface area (Å²) in [5, 5.41) is 11.9. The number of carbonyl (C=O) groups is 1. The molecule has 1 saturated carbocycles. The van der Waals surface area contributed by atoms with Crippen molar-refractivity contribution in [1.82, 2.24) is 14.9 Å². The smallest absolute Gasteiger partial charge is 0.337 e. The number of carboxylic acid groups (broad SMARTS) is 1. The summed E-state index contributed by atoms with van der Waals surface area (Å²) in [6, 6.07) is 4.23. The molecule has 1 fully saturated rings. The predicted molar refractivity (Wildman–Crippen MR) is 105 cm³/mol. The Morgan fingerprint density at radius 2 is 2.28 bits per heavy atom. The Labute approximate surface area is 166 Å². The molecule has 0 aromatic carbocycles. The minimum atomic E-state index is -1.05. The molecule has 2 aromatic rings. The number of nitrogens with one attached hydrogen (secondary N) is 1. The molecule has 4 N–H and O–H groups in total. The van der Waals surface area contributed by atoms with Crippen molar-refractivity contribution in [2.24, 2.45) is 10.7 Å². The Morgan fingerprint density at radius 1 is 1.52 bits per heavy atom. The van der Waals surface area contributed by atoms with Crippen LogP contribution in [-0.2, 0) is 5.41 Å². The molecule has 0 unspecified atom stereocenters. The van der Waals surface area contributed by atoms with Crippen molar-refractivity contribution in [1.29, 1.82) is 0 Å². The van der Waals surface area contributed by atoms with Crippen LogP contribution in [-0.4, -0.2) is 39.3 Å². The van der Waals surface area contributed by atoms with Gasteiger partial charge < -0.3 is 20.7 Å². The molecule has 9 heteroatoms. The molecule has 0 aliphatic heterocycles. The Balaban J connectivity index is 1.72. The highest BCUT2D eigenvalue weighted by molar-refractivity contribution is 5.87. The van der Waals surface area contributed by atoms with E-state index in [9.17, 15) is 13.6 Å². The van der Waals surface area contributed by atoms with Gasteiger partial charge >= 0.3 is 5.97 Å². The van der Waals surface area contributed by atoms with E-state index in [-0.39, 0.29) is 36.6 Å². The number of nitrogens with zero attached hydrogens (tertiary/aromatic N) is 3. The van der Waals surface area contributed by atoms with Crippen LogP contribution in [0.5, 0.6) is 0 Å². The molecule has 3 rings (SSSR count). The van der Waals surface area contributed by atoms with E-state index in [1.54, 1.807) is 6.20 Å². The highest BCUT2D eigenvalue weighted by Gasteiger charge is 2.48. The van der Waals surface area contributed by atoms with Gasteiger partial charge in [-0.1, -0.05) is 6.58 Å². The first kappa shape index (κ1) is 20.2.